The Bertz CT molecular complexity index is 880. The average Bonchev–Trinajstić information content (AvgIpc) is 3.33. The molecule has 4 heteroatoms. The SMILES string of the molecule is CCCCCCCCCc1ccc(-c2cn3cc(CCCCCCC)sc3n2)cc1F. The number of benzene rings is 1. The number of hydrogen-bond acceptors (Lipinski definition) is 2. The van der Waals surface area contributed by atoms with Crippen molar-refractivity contribution >= 4 is 16.3 Å². The van der Waals surface area contributed by atoms with Gasteiger partial charge in [-0.3, -0.25) is 4.40 Å². The summed E-state index contributed by atoms with van der Waals surface area (Å²) in [4.78, 5) is 7.15. The zero-order chi connectivity index (χ0) is 21.9. The average molecular weight is 443 g/mol. The molecule has 170 valence electrons. The molecule has 3 rings (SSSR count). The molecule has 0 radical (unpaired) electrons. The van der Waals surface area contributed by atoms with Crippen molar-refractivity contribution in [2.45, 2.75) is 104 Å². The minimum atomic E-state index is -0.0902. The van der Waals surface area contributed by atoms with Gasteiger partial charge in [0.1, 0.15) is 5.82 Å². The second-order valence-electron chi connectivity index (χ2n) is 8.86. The van der Waals surface area contributed by atoms with Gasteiger partial charge in [-0.25, -0.2) is 9.37 Å². The third-order valence-corrected chi connectivity index (χ3v) is 7.19. The van der Waals surface area contributed by atoms with Crippen molar-refractivity contribution in [1.29, 1.82) is 0 Å². The molecule has 31 heavy (non-hydrogen) atoms. The molecule has 2 aromatic heterocycles. The maximum absolute atomic E-state index is 14.7. The summed E-state index contributed by atoms with van der Waals surface area (Å²) in [7, 11) is 0. The van der Waals surface area contributed by atoms with Gasteiger partial charge < -0.3 is 0 Å². The summed E-state index contributed by atoms with van der Waals surface area (Å²) >= 11 is 1.76. The number of hydrogen-bond donors (Lipinski definition) is 0. The molecule has 3 aromatic rings. The zero-order valence-corrected chi connectivity index (χ0v) is 20.3. The van der Waals surface area contributed by atoms with Crippen LogP contribution in [0.4, 0.5) is 4.39 Å². The summed E-state index contributed by atoms with van der Waals surface area (Å²) in [6.07, 6.45) is 21.5. The molecule has 0 aliphatic heterocycles. The minimum absolute atomic E-state index is 0.0902. The number of aryl methyl sites for hydroxylation is 2. The lowest BCUT2D eigenvalue weighted by atomic mass is 10.0. The first kappa shape index (κ1) is 24.0. The largest absolute Gasteiger partial charge is 0.297 e. The molecule has 0 saturated carbocycles. The number of nitrogens with zero attached hydrogens (tertiary/aromatic N) is 2. The van der Waals surface area contributed by atoms with Crippen LogP contribution in [-0.4, -0.2) is 9.38 Å². The Kier molecular flexibility index (Phi) is 10.1. The van der Waals surface area contributed by atoms with E-state index in [9.17, 15) is 4.39 Å². The van der Waals surface area contributed by atoms with E-state index >= 15 is 0 Å². The maximum atomic E-state index is 14.7. The number of unbranched alkanes of at least 4 members (excludes halogenated alkanes) is 10. The van der Waals surface area contributed by atoms with Crippen molar-refractivity contribution in [3.63, 3.8) is 0 Å². The number of halogens is 1. The number of aromatic nitrogens is 2. The van der Waals surface area contributed by atoms with E-state index in [2.05, 4.69) is 24.4 Å². The van der Waals surface area contributed by atoms with E-state index < -0.39 is 0 Å². The van der Waals surface area contributed by atoms with E-state index in [4.69, 9.17) is 4.98 Å². The third kappa shape index (κ3) is 7.45. The molecule has 0 aliphatic rings. The highest BCUT2D eigenvalue weighted by Crippen LogP contribution is 2.27. The highest BCUT2D eigenvalue weighted by molar-refractivity contribution is 7.17. The Morgan fingerprint density at radius 1 is 0.806 bits per heavy atom. The predicted octanol–water partition coefficient (Wildman–Crippen LogP) is 9.01. The van der Waals surface area contributed by atoms with Gasteiger partial charge in [-0.15, -0.1) is 11.3 Å². The molecule has 0 amide bonds. The fourth-order valence-corrected chi connectivity index (χ4v) is 5.18. The Morgan fingerprint density at radius 3 is 2.10 bits per heavy atom. The fraction of sp³-hybridized carbons (Fsp3) is 0.593. The second-order valence-corrected chi connectivity index (χ2v) is 9.95. The van der Waals surface area contributed by atoms with Crippen molar-refractivity contribution < 1.29 is 4.39 Å². The van der Waals surface area contributed by atoms with Crippen molar-refractivity contribution in [2.24, 2.45) is 0 Å². The molecule has 0 fully saturated rings. The Morgan fingerprint density at radius 2 is 1.45 bits per heavy atom. The molecule has 0 spiro atoms. The van der Waals surface area contributed by atoms with Gasteiger partial charge in [-0.05, 0) is 37.3 Å². The lowest BCUT2D eigenvalue weighted by Crippen LogP contribution is -1.92. The van der Waals surface area contributed by atoms with Crippen LogP contribution in [0, 0.1) is 5.82 Å². The molecule has 0 N–H and O–H groups in total. The first-order chi connectivity index (χ1) is 15.2. The summed E-state index contributed by atoms with van der Waals surface area (Å²) in [6.45, 7) is 4.49. The quantitative estimate of drug-likeness (QED) is 0.215. The van der Waals surface area contributed by atoms with Crippen LogP contribution in [0.25, 0.3) is 16.2 Å². The van der Waals surface area contributed by atoms with E-state index in [1.54, 1.807) is 17.4 Å². The van der Waals surface area contributed by atoms with Crippen LogP contribution in [0.15, 0.2) is 30.6 Å². The zero-order valence-electron chi connectivity index (χ0n) is 19.5. The van der Waals surface area contributed by atoms with Crippen LogP contribution in [0.2, 0.25) is 0 Å². The topological polar surface area (TPSA) is 17.3 Å². The van der Waals surface area contributed by atoms with Crippen LogP contribution in [0.5, 0.6) is 0 Å². The molecule has 2 nitrogen and oxygen atoms in total. The summed E-state index contributed by atoms with van der Waals surface area (Å²) < 4.78 is 16.8. The number of imidazole rings is 1. The summed E-state index contributed by atoms with van der Waals surface area (Å²) in [5.41, 5.74) is 2.57. The lowest BCUT2D eigenvalue weighted by Gasteiger charge is -2.05. The van der Waals surface area contributed by atoms with Crippen LogP contribution >= 0.6 is 11.3 Å². The number of thiazole rings is 1. The highest BCUT2D eigenvalue weighted by atomic mass is 32.1. The molecular formula is C27H39FN2S. The van der Waals surface area contributed by atoms with E-state index in [0.29, 0.717) is 0 Å². The van der Waals surface area contributed by atoms with E-state index in [1.807, 2.05) is 18.3 Å². The maximum Gasteiger partial charge on any atom is 0.194 e. The molecular weight excluding hydrogens is 403 g/mol. The minimum Gasteiger partial charge on any atom is -0.297 e. The molecule has 0 bridgehead atoms. The van der Waals surface area contributed by atoms with Crippen LogP contribution in [0.3, 0.4) is 0 Å². The van der Waals surface area contributed by atoms with Gasteiger partial charge in [-0.2, -0.15) is 0 Å². The van der Waals surface area contributed by atoms with Crippen molar-refractivity contribution in [3.8, 4) is 11.3 Å². The van der Waals surface area contributed by atoms with Gasteiger partial charge in [0, 0.05) is 22.8 Å². The smallest absolute Gasteiger partial charge is 0.194 e. The lowest BCUT2D eigenvalue weighted by molar-refractivity contribution is 0.572. The Hall–Kier alpha value is -1.68. The van der Waals surface area contributed by atoms with Crippen LogP contribution < -0.4 is 0 Å². The fourth-order valence-electron chi connectivity index (χ4n) is 4.18. The van der Waals surface area contributed by atoms with Gasteiger partial charge in [0.05, 0.1) is 5.69 Å². The molecule has 0 unspecified atom stereocenters. The highest BCUT2D eigenvalue weighted by Gasteiger charge is 2.11. The van der Waals surface area contributed by atoms with Crippen LogP contribution in [0.1, 0.15) is 101 Å². The third-order valence-electron chi connectivity index (χ3n) is 6.13. The normalized spacial score (nSPS) is 11.6. The summed E-state index contributed by atoms with van der Waals surface area (Å²) in [5.74, 6) is -0.0902. The van der Waals surface area contributed by atoms with Crippen molar-refractivity contribution in [1.82, 2.24) is 9.38 Å². The molecule has 0 aliphatic carbocycles. The van der Waals surface area contributed by atoms with E-state index in [1.165, 1.54) is 75.5 Å². The van der Waals surface area contributed by atoms with E-state index in [0.717, 1.165) is 41.0 Å². The number of fused-ring (bicyclic) bond motifs is 1. The van der Waals surface area contributed by atoms with Gasteiger partial charge in [-0.1, -0.05) is 90.2 Å². The molecule has 1 aromatic carbocycles. The van der Waals surface area contributed by atoms with Gasteiger partial charge in [0.15, 0.2) is 4.96 Å². The van der Waals surface area contributed by atoms with Gasteiger partial charge in [0.25, 0.3) is 0 Å². The summed E-state index contributed by atoms with van der Waals surface area (Å²) in [6, 6.07) is 5.65. The Balaban J connectivity index is 1.50. The number of rotatable bonds is 15. The molecule has 2 heterocycles. The van der Waals surface area contributed by atoms with Gasteiger partial charge >= 0.3 is 0 Å². The van der Waals surface area contributed by atoms with E-state index in [-0.39, 0.29) is 5.82 Å². The Labute approximate surface area is 191 Å². The van der Waals surface area contributed by atoms with Crippen molar-refractivity contribution in [3.05, 3.63) is 46.9 Å². The van der Waals surface area contributed by atoms with Crippen molar-refractivity contribution in [2.75, 3.05) is 0 Å². The summed E-state index contributed by atoms with van der Waals surface area (Å²) in [5, 5.41) is 0. The predicted molar refractivity (Wildman–Crippen MR) is 133 cm³/mol. The van der Waals surface area contributed by atoms with Gasteiger partial charge in [0.2, 0.25) is 0 Å². The standard InChI is InChI=1S/C27H39FN2S/c1-3-5-7-9-10-12-13-15-22-17-18-23(19-25(22)28)26-21-30-20-24(31-27(30)29-26)16-14-11-8-6-4-2/h17-21H,3-16H2,1-2H3. The monoisotopic (exact) mass is 442 g/mol. The molecule has 0 saturated heterocycles. The van der Waals surface area contributed by atoms with Crippen LogP contribution in [-0.2, 0) is 12.8 Å². The molecule has 0 atom stereocenters. The second kappa shape index (κ2) is 13.0. The first-order valence-corrected chi connectivity index (χ1v) is 13.3. The first-order valence-electron chi connectivity index (χ1n) is 12.5.